The lowest BCUT2D eigenvalue weighted by atomic mass is 10.1. The normalized spacial score (nSPS) is 17.9. The van der Waals surface area contributed by atoms with Crippen molar-refractivity contribution in [3.63, 3.8) is 0 Å². The average molecular weight is 316 g/mol. The van der Waals surface area contributed by atoms with E-state index in [0.717, 1.165) is 24.1 Å². The number of piperazine rings is 1. The number of rotatable bonds is 3. The van der Waals surface area contributed by atoms with Crippen molar-refractivity contribution >= 4 is 22.6 Å². The maximum atomic E-state index is 3.39. The van der Waals surface area contributed by atoms with Gasteiger partial charge in [0.1, 0.15) is 0 Å². The summed E-state index contributed by atoms with van der Waals surface area (Å²) in [5, 5.41) is 3.39. The molecule has 0 bridgehead atoms. The molecule has 1 aromatic rings. The highest BCUT2D eigenvalue weighted by Crippen LogP contribution is 2.15. The van der Waals surface area contributed by atoms with E-state index in [4.69, 9.17) is 0 Å². The molecule has 0 aliphatic carbocycles. The lowest BCUT2D eigenvalue weighted by molar-refractivity contribution is 0.233. The second-order valence-corrected chi connectivity index (χ2v) is 4.69. The summed E-state index contributed by atoms with van der Waals surface area (Å²) in [5.41, 5.74) is 2.98. The van der Waals surface area contributed by atoms with Gasteiger partial charge in [-0.1, -0.05) is 46.9 Å². The smallest absolute Gasteiger partial charge is 0.0250 e. The van der Waals surface area contributed by atoms with Crippen molar-refractivity contribution < 1.29 is 0 Å². The fraction of sp³-hybridized carbons (Fsp3) is 0.500. The molecule has 0 amide bonds. The summed E-state index contributed by atoms with van der Waals surface area (Å²) < 4.78 is 1.11. The zero-order chi connectivity index (χ0) is 10.5. The third-order valence-electron chi connectivity index (χ3n) is 2.87. The van der Waals surface area contributed by atoms with Crippen LogP contribution in [0.25, 0.3) is 0 Å². The molecule has 1 aliphatic rings. The third-order valence-corrected chi connectivity index (χ3v) is 3.69. The molecule has 1 aliphatic heterocycles. The van der Waals surface area contributed by atoms with Gasteiger partial charge in [0.2, 0.25) is 0 Å². The van der Waals surface area contributed by atoms with Gasteiger partial charge in [0.15, 0.2) is 0 Å². The summed E-state index contributed by atoms with van der Waals surface area (Å²) in [7, 11) is 0. The minimum absolute atomic E-state index is 1.11. The van der Waals surface area contributed by atoms with Crippen LogP contribution < -0.4 is 5.32 Å². The Labute approximate surface area is 105 Å². The summed E-state index contributed by atoms with van der Waals surface area (Å²) in [6.07, 6.45) is 0. The van der Waals surface area contributed by atoms with Crippen molar-refractivity contribution in [1.82, 2.24) is 10.2 Å². The number of hydrogen-bond donors (Lipinski definition) is 1. The molecule has 0 unspecified atom stereocenters. The van der Waals surface area contributed by atoms with E-state index in [-0.39, 0.29) is 0 Å². The van der Waals surface area contributed by atoms with Gasteiger partial charge in [-0.2, -0.15) is 0 Å². The maximum absolute atomic E-state index is 3.39. The zero-order valence-electron chi connectivity index (χ0n) is 8.88. The predicted molar refractivity (Wildman–Crippen MR) is 72.3 cm³/mol. The van der Waals surface area contributed by atoms with E-state index in [1.807, 2.05) is 0 Å². The molecule has 1 aromatic carbocycles. The SMILES string of the molecule is ICc1ccccc1CN1CCNCC1. The van der Waals surface area contributed by atoms with Crippen LogP contribution in [-0.2, 0) is 11.0 Å². The number of hydrogen-bond acceptors (Lipinski definition) is 2. The Morgan fingerprint density at radius 3 is 2.47 bits per heavy atom. The molecule has 0 saturated carbocycles. The van der Waals surface area contributed by atoms with E-state index in [1.54, 1.807) is 0 Å². The molecule has 82 valence electrons. The standard InChI is InChI=1S/C12H17IN2/c13-9-11-3-1-2-4-12(11)10-15-7-5-14-6-8-15/h1-4,14H,5-10H2. The van der Waals surface area contributed by atoms with E-state index in [2.05, 4.69) is 57.1 Å². The van der Waals surface area contributed by atoms with E-state index < -0.39 is 0 Å². The lowest BCUT2D eigenvalue weighted by Crippen LogP contribution is -2.43. The average Bonchev–Trinajstić information content (AvgIpc) is 2.31. The Bertz CT molecular complexity index is 308. The van der Waals surface area contributed by atoms with Gasteiger partial charge >= 0.3 is 0 Å². The maximum Gasteiger partial charge on any atom is 0.0250 e. The van der Waals surface area contributed by atoms with Gasteiger partial charge in [-0.25, -0.2) is 0 Å². The number of nitrogens with one attached hydrogen (secondary N) is 1. The number of nitrogens with zero attached hydrogens (tertiary/aromatic N) is 1. The highest BCUT2D eigenvalue weighted by Gasteiger charge is 2.11. The van der Waals surface area contributed by atoms with Crippen LogP contribution in [0.2, 0.25) is 0 Å². The first-order chi connectivity index (χ1) is 7.40. The van der Waals surface area contributed by atoms with Crippen molar-refractivity contribution in [3.8, 4) is 0 Å². The van der Waals surface area contributed by atoms with E-state index in [0.29, 0.717) is 0 Å². The molecule has 0 aromatic heterocycles. The second-order valence-electron chi connectivity index (χ2n) is 3.93. The molecular formula is C12H17IN2. The van der Waals surface area contributed by atoms with Crippen LogP contribution in [0, 0.1) is 0 Å². The lowest BCUT2D eigenvalue weighted by Gasteiger charge is -2.27. The molecule has 1 fully saturated rings. The molecule has 0 spiro atoms. The van der Waals surface area contributed by atoms with Crippen LogP contribution in [0.5, 0.6) is 0 Å². The summed E-state index contributed by atoms with van der Waals surface area (Å²) in [6.45, 7) is 5.73. The van der Waals surface area contributed by atoms with Crippen LogP contribution >= 0.6 is 22.6 Å². The Morgan fingerprint density at radius 2 is 1.80 bits per heavy atom. The van der Waals surface area contributed by atoms with Crippen molar-refractivity contribution in [2.45, 2.75) is 11.0 Å². The third kappa shape index (κ3) is 3.16. The Hall–Kier alpha value is -0.130. The van der Waals surface area contributed by atoms with Crippen LogP contribution in [-0.4, -0.2) is 31.1 Å². The van der Waals surface area contributed by atoms with Crippen molar-refractivity contribution in [2.24, 2.45) is 0 Å². The summed E-state index contributed by atoms with van der Waals surface area (Å²) in [5.74, 6) is 0. The van der Waals surface area contributed by atoms with Crippen molar-refractivity contribution in [1.29, 1.82) is 0 Å². The zero-order valence-corrected chi connectivity index (χ0v) is 11.0. The molecule has 1 N–H and O–H groups in total. The molecule has 15 heavy (non-hydrogen) atoms. The number of benzene rings is 1. The summed E-state index contributed by atoms with van der Waals surface area (Å²) >= 11 is 2.44. The molecular weight excluding hydrogens is 299 g/mol. The molecule has 2 rings (SSSR count). The van der Waals surface area contributed by atoms with E-state index in [1.165, 1.54) is 24.2 Å². The minimum Gasteiger partial charge on any atom is -0.314 e. The fourth-order valence-electron chi connectivity index (χ4n) is 1.95. The predicted octanol–water partition coefficient (Wildman–Crippen LogP) is 2.03. The first-order valence-corrected chi connectivity index (χ1v) is 6.98. The van der Waals surface area contributed by atoms with Gasteiger partial charge < -0.3 is 5.32 Å². The molecule has 0 radical (unpaired) electrons. The van der Waals surface area contributed by atoms with Gasteiger partial charge in [-0.15, -0.1) is 0 Å². The number of halogens is 1. The molecule has 3 heteroatoms. The summed E-state index contributed by atoms with van der Waals surface area (Å²) in [6, 6.07) is 8.78. The monoisotopic (exact) mass is 316 g/mol. The fourth-order valence-corrected chi connectivity index (χ4v) is 2.70. The van der Waals surface area contributed by atoms with Crippen molar-refractivity contribution in [3.05, 3.63) is 35.4 Å². The first kappa shape index (κ1) is 11.4. The van der Waals surface area contributed by atoms with Crippen molar-refractivity contribution in [2.75, 3.05) is 26.2 Å². The Kier molecular flexibility index (Phi) is 4.41. The van der Waals surface area contributed by atoms with Crippen LogP contribution in [0.3, 0.4) is 0 Å². The van der Waals surface area contributed by atoms with Gasteiger partial charge in [0.25, 0.3) is 0 Å². The Balaban J connectivity index is 2.02. The highest BCUT2D eigenvalue weighted by molar-refractivity contribution is 14.1. The van der Waals surface area contributed by atoms with E-state index in [9.17, 15) is 0 Å². The quantitative estimate of drug-likeness (QED) is 0.678. The van der Waals surface area contributed by atoms with Gasteiger partial charge in [-0.05, 0) is 11.1 Å². The molecule has 0 atom stereocenters. The minimum atomic E-state index is 1.11. The topological polar surface area (TPSA) is 15.3 Å². The van der Waals surface area contributed by atoms with Crippen LogP contribution in [0.1, 0.15) is 11.1 Å². The molecule has 1 heterocycles. The van der Waals surface area contributed by atoms with Gasteiger partial charge in [0.05, 0.1) is 0 Å². The van der Waals surface area contributed by atoms with E-state index >= 15 is 0 Å². The van der Waals surface area contributed by atoms with Gasteiger partial charge in [-0.3, -0.25) is 4.90 Å². The first-order valence-electron chi connectivity index (χ1n) is 5.46. The molecule has 1 saturated heterocycles. The summed E-state index contributed by atoms with van der Waals surface area (Å²) in [4.78, 5) is 2.53. The van der Waals surface area contributed by atoms with Gasteiger partial charge in [0, 0.05) is 37.2 Å². The second kappa shape index (κ2) is 5.82. The van der Waals surface area contributed by atoms with Crippen LogP contribution in [0.15, 0.2) is 24.3 Å². The number of alkyl halides is 1. The largest absolute Gasteiger partial charge is 0.314 e. The Morgan fingerprint density at radius 1 is 1.13 bits per heavy atom. The molecule has 2 nitrogen and oxygen atoms in total. The highest BCUT2D eigenvalue weighted by atomic mass is 127. The van der Waals surface area contributed by atoms with Crippen LogP contribution in [0.4, 0.5) is 0 Å².